The van der Waals surface area contributed by atoms with Gasteiger partial charge >= 0.3 is 0 Å². The van der Waals surface area contributed by atoms with Gasteiger partial charge in [0.15, 0.2) is 0 Å². The second kappa shape index (κ2) is 5.13. The summed E-state index contributed by atoms with van der Waals surface area (Å²) in [7, 11) is 0. The summed E-state index contributed by atoms with van der Waals surface area (Å²) in [4.78, 5) is 4.59. The van der Waals surface area contributed by atoms with Crippen LogP contribution in [-0.2, 0) is 6.42 Å². The molecule has 0 amide bonds. The lowest BCUT2D eigenvalue weighted by Gasteiger charge is -2.19. The van der Waals surface area contributed by atoms with Crippen LogP contribution in [0.5, 0.6) is 0 Å². The quantitative estimate of drug-likeness (QED) is 0.780. The molecule has 3 aromatic rings. The summed E-state index contributed by atoms with van der Waals surface area (Å²) in [5.41, 5.74) is 9.32. The number of nitrogen functional groups attached to an aromatic ring is 1. The van der Waals surface area contributed by atoms with E-state index in [0.717, 1.165) is 28.9 Å². The molecule has 0 fully saturated rings. The molecule has 0 saturated carbocycles. The molecular formula is C18H22N4. The number of pyridine rings is 1. The van der Waals surface area contributed by atoms with Crippen LogP contribution in [-0.4, -0.2) is 14.8 Å². The molecule has 4 heteroatoms. The molecule has 0 aliphatic rings. The molecule has 1 aromatic carbocycles. The Balaban J connectivity index is 2.22. The minimum atomic E-state index is 0.193. The molecule has 3 rings (SSSR count). The van der Waals surface area contributed by atoms with Gasteiger partial charge in [-0.2, -0.15) is 5.10 Å². The molecule has 0 unspecified atom stereocenters. The third-order valence-electron chi connectivity index (χ3n) is 3.65. The maximum absolute atomic E-state index is 6.09. The Kier molecular flexibility index (Phi) is 3.39. The first-order valence-corrected chi connectivity index (χ1v) is 7.54. The third kappa shape index (κ3) is 2.69. The number of hydrogen-bond acceptors (Lipinski definition) is 3. The Morgan fingerprint density at radius 3 is 2.55 bits per heavy atom. The summed E-state index contributed by atoms with van der Waals surface area (Å²) >= 11 is 0. The van der Waals surface area contributed by atoms with Crippen LogP contribution in [0.15, 0.2) is 36.5 Å². The zero-order valence-corrected chi connectivity index (χ0v) is 13.6. The van der Waals surface area contributed by atoms with Crippen LogP contribution in [0.2, 0.25) is 0 Å². The van der Waals surface area contributed by atoms with Crippen molar-refractivity contribution in [3.05, 3.63) is 47.9 Å². The average molecular weight is 294 g/mol. The lowest BCUT2D eigenvalue weighted by Crippen LogP contribution is -2.11. The number of rotatable bonds is 2. The Bertz CT molecular complexity index is 825. The number of benzene rings is 1. The van der Waals surface area contributed by atoms with E-state index >= 15 is 0 Å². The van der Waals surface area contributed by atoms with Crippen LogP contribution in [0.4, 0.5) is 5.82 Å². The van der Waals surface area contributed by atoms with Crippen molar-refractivity contribution in [1.82, 2.24) is 14.8 Å². The van der Waals surface area contributed by atoms with Gasteiger partial charge in [-0.05, 0) is 30.9 Å². The highest BCUT2D eigenvalue weighted by Gasteiger charge is 2.16. The average Bonchev–Trinajstić information content (AvgIpc) is 2.76. The maximum Gasteiger partial charge on any atom is 0.127 e. The van der Waals surface area contributed by atoms with E-state index in [4.69, 9.17) is 5.73 Å². The molecular weight excluding hydrogens is 272 g/mol. The monoisotopic (exact) mass is 294 g/mol. The summed E-state index contributed by atoms with van der Waals surface area (Å²) in [6, 6.07) is 10.1. The number of nitrogens with two attached hydrogens (primary N) is 1. The number of nitrogens with zero attached hydrogens (tertiary/aromatic N) is 3. The van der Waals surface area contributed by atoms with E-state index in [9.17, 15) is 0 Å². The number of fused-ring (bicyclic) bond motifs is 1. The van der Waals surface area contributed by atoms with E-state index in [0.29, 0.717) is 5.82 Å². The summed E-state index contributed by atoms with van der Waals surface area (Å²) in [6.07, 6.45) is 2.81. The number of anilines is 1. The highest BCUT2D eigenvalue weighted by atomic mass is 15.3. The second-order valence-corrected chi connectivity index (χ2v) is 6.99. The predicted octanol–water partition coefficient (Wildman–Crippen LogP) is 3.90. The Labute approximate surface area is 131 Å². The smallest absolute Gasteiger partial charge is 0.127 e. The van der Waals surface area contributed by atoms with Crippen molar-refractivity contribution in [1.29, 1.82) is 0 Å². The minimum Gasteiger partial charge on any atom is -0.384 e. The Hall–Kier alpha value is -2.36. The van der Waals surface area contributed by atoms with Gasteiger partial charge in [0.1, 0.15) is 5.82 Å². The molecule has 0 radical (unpaired) electrons. The summed E-state index contributed by atoms with van der Waals surface area (Å²) < 4.78 is 1.80. The molecule has 4 nitrogen and oxygen atoms in total. The Morgan fingerprint density at radius 2 is 1.91 bits per heavy atom. The molecule has 114 valence electrons. The highest BCUT2D eigenvalue weighted by Crippen LogP contribution is 2.29. The van der Waals surface area contributed by atoms with Crippen LogP contribution >= 0.6 is 0 Å². The van der Waals surface area contributed by atoms with E-state index in [2.05, 4.69) is 36.9 Å². The molecule has 22 heavy (non-hydrogen) atoms. The van der Waals surface area contributed by atoms with Crippen molar-refractivity contribution in [2.75, 3.05) is 5.73 Å². The van der Waals surface area contributed by atoms with Crippen molar-refractivity contribution in [2.45, 2.75) is 34.1 Å². The molecule has 0 atom stereocenters. The van der Waals surface area contributed by atoms with Gasteiger partial charge in [0, 0.05) is 28.7 Å². The normalized spacial score (nSPS) is 12.0. The molecule has 2 aromatic heterocycles. The van der Waals surface area contributed by atoms with Crippen molar-refractivity contribution >= 4 is 16.6 Å². The number of hydrogen-bond donors (Lipinski definition) is 1. The van der Waals surface area contributed by atoms with Crippen molar-refractivity contribution in [2.24, 2.45) is 5.41 Å². The largest absolute Gasteiger partial charge is 0.384 e. The molecule has 0 saturated heterocycles. The minimum absolute atomic E-state index is 0.193. The summed E-state index contributed by atoms with van der Waals surface area (Å²) in [5.74, 6) is 0.652. The first-order chi connectivity index (χ1) is 10.3. The predicted molar refractivity (Wildman–Crippen MR) is 91.2 cm³/mol. The maximum atomic E-state index is 6.09. The van der Waals surface area contributed by atoms with Gasteiger partial charge in [-0.3, -0.25) is 4.98 Å². The van der Waals surface area contributed by atoms with E-state index in [-0.39, 0.29) is 5.41 Å². The SMILES string of the molecule is Cc1cc(N)n(-c2cccc3c(CC(C)(C)C)nccc23)n1. The first-order valence-electron chi connectivity index (χ1n) is 7.54. The van der Waals surface area contributed by atoms with Crippen LogP contribution in [0.1, 0.15) is 32.2 Å². The van der Waals surface area contributed by atoms with E-state index < -0.39 is 0 Å². The Morgan fingerprint density at radius 1 is 1.14 bits per heavy atom. The van der Waals surface area contributed by atoms with Crippen LogP contribution < -0.4 is 5.73 Å². The standard InChI is InChI=1S/C18H22N4/c1-12-10-17(19)22(21-12)16-7-5-6-13-14(16)8-9-20-15(13)11-18(2,3)4/h5-10H,11,19H2,1-4H3. The van der Waals surface area contributed by atoms with Gasteiger partial charge in [-0.25, -0.2) is 4.68 Å². The lowest BCUT2D eigenvalue weighted by atomic mass is 9.88. The molecule has 0 spiro atoms. The van der Waals surface area contributed by atoms with E-state index in [1.165, 1.54) is 5.39 Å². The summed E-state index contributed by atoms with van der Waals surface area (Å²) in [5, 5.41) is 6.81. The molecule has 2 heterocycles. The van der Waals surface area contributed by atoms with Gasteiger partial charge in [0.2, 0.25) is 0 Å². The van der Waals surface area contributed by atoms with Crippen LogP contribution in [0, 0.1) is 12.3 Å². The second-order valence-electron chi connectivity index (χ2n) is 6.99. The zero-order valence-electron chi connectivity index (χ0n) is 13.6. The number of aromatic nitrogens is 3. The molecule has 0 aliphatic carbocycles. The van der Waals surface area contributed by atoms with Crippen molar-refractivity contribution in [3.63, 3.8) is 0 Å². The van der Waals surface area contributed by atoms with Gasteiger partial charge < -0.3 is 5.73 Å². The fourth-order valence-electron chi connectivity index (χ4n) is 2.79. The van der Waals surface area contributed by atoms with Gasteiger partial charge in [0.25, 0.3) is 0 Å². The van der Waals surface area contributed by atoms with E-state index in [1.54, 1.807) is 4.68 Å². The fraction of sp³-hybridized carbons (Fsp3) is 0.333. The van der Waals surface area contributed by atoms with Gasteiger partial charge in [-0.1, -0.05) is 32.9 Å². The van der Waals surface area contributed by atoms with Crippen molar-refractivity contribution in [3.8, 4) is 5.69 Å². The van der Waals surface area contributed by atoms with E-state index in [1.807, 2.05) is 37.4 Å². The zero-order chi connectivity index (χ0) is 15.9. The van der Waals surface area contributed by atoms with Gasteiger partial charge in [0.05, 0.1) is 11.4 Å². The fourth-order valence-corrected chi connectivity index (χ4v) is 2.79. The highest BCUT2D eigenvalue weighted by molar-refractivity contribution is 5.92. The molecule has 0 bridgehead atoms. The van der Waals surface area contributed by atoms with Crippen LogP contribution in [0.25, 0.3) is 16.5 Å². The summed E-state index contributed by atoms with van der Waals surface area (Å²) in [6.45, 7) is 8.63. The molecule has 2 N–H and O–H groups in total. The van der Waals surface area contributed by atoms with Gasteiger partial charge in [-0.15, -0.1) is 0 Å². The van der Waals surface area contributed by atoms with Crippen molar-refractivity contribution < 1.29 is 0 Å². The third-order valence-corrected chi connectivity index (χ3v) is 3.65. The number of aryl methyl sites for hydroxylation is 1. The van der Waals surface area contributed by atoms with Crippen LogP contribution in [0.3, 0.4) is 0 Å². The lowest BCUT2D eigenvalue weighted by molar-refractivity contribution is 0.408. The first kappa shape index (κ1) is 14.6. The molecule has 0 aliphatic heterocycles. The topological polar surface area (TPSA) is 56.7 Å².